The average Bonchev–Trinajstić information content (AvgIpc) is 2.75. The molecular weight excluding hydrogens is 228 g/mol. The maximum absolute atomic E-state index is 11.4. The van der Waals surface area contributed by atoms with Gasteiger partial charge in [0.05, 0.1) is 6.54 Å². The van der Waals surface area contributed by atoms with Crippen LogP contribution in [0.2, 0.25) is 0 Å². The molecule has 1 atom stereocenters. The van der Waals surface area contributed by atoms with E-state index in [2.05, 4.69) is 16.6 Å². The van der Waals surface area contributed by atoms with Crippen molar-refractivity contribution < 1.29 is 12.8 Å². The molecule has 1 aromatic rings. The van der Waals surface area contributed by atoms with E-state index in [1.54, 1.807) is 12.1 Å². The van der Waals surface area contributed by atoms with Crippen molar-refractivity contribution >= 4 is 10.0 Å². The molecule has 0 radical (unpaired) electrons. The topological polar surface area (TPSA) is 71.3 Å². The van der Waals surface area contributed by atoms with E-state index in [0.717, 1.165) is 0 Å². The van der Waals surface area contributed by atoms with E-state index in [-0.39, 0.29) is 11.1 Å². The molecular formula is C10H16N2O3S. The minimum atomic E-state index is -3.49. The molecule has 90 valence electrons. The van der Waals surface area contributed by atoms with Gasteiger partial charge in [-0.25, -0.2) is 13.1 Å². The van der Waals surface area contributed by atoms with Gasteiger partial charge in [-0.2, -0.15) is 0 Å². The third kappa shape index (κ3) is 3.19. The Hall–Kier alpha value is -1.11. The Morgan fingerprint density at radius 1 is 1.56 bits per heavy atom. The van der Waals surface area contributed by atoms with Gasteiger partial charge in [-0.05, 0) is 26.1 Å². The molecule has 2 N–H and O–H groups in total. The summed E-state index contributed by atoms with van der Waals surface area (Å²) in [6.45, 7) is 6.04. The third-order valence-electron chi connectivity index (χ3n) is 2.12. The van der Waals surface area contributed by atoms with Gasteiger partial charge in [-0.15, -0.1) is 6.58 Å². The molecule has 0 spiro atoms. The lowest BCUT2D eigenvalue weighted by Gasteiger charge is -2.06. The number of hydrogen-bond acceptors (Lipinski definition) is 4. The summed E-state index contributed by atoms with van der Waals surface area (Å²) >= 11 is 0. The molecule has 1 unspecified atom stereocenters. The zero-order valence-electron chi connectivity index (χ0n) is 9.36. The Morgan fingerprint density at radius 2 is 2.25 bits per heavy atom. The van der Waals surface area contributed by atoms with Crippen LogP contribution >= 0.6 is 0 Å². The van der Waals surface area contributed by atoms with Crippen LogP contribution in [0, 0.1) is 0 Å². The summed E-state index contributed by atoms with van der Waals surface area (Å²) in [7, 11) is -2.14. The smallest absolute Gasteiger partial charge is 0.273 e. The fourth-order valence-electron chi connectivity index (χ4n) is 1.04. The summed E-state index contributed by atoms with van der Waals surface area (Å²) in [6.07, 6.45) is 1.76. The summed E-state index contributed by atoms with van der Waals surface area (Å²) in [5.74, 6) is 0.572. The van der Waals surface area contributed by atoms with E-state index in [1.165, 1.54) is 13.1 Å². The third-order valence-corrected chi connectivity index (χ3v) is 3.41. The molecule has 1 aromatic heterocycles. The predicted molar refractivity (Wildman–Crippen MR) is 61.5 cm³/mol. The van der Waals surface area contributed by atoms with Crippen LogP contribution in [0.3, 0.4) is 0 Å². The Balaban J connectivity index is 2.69. The molecule has 16 heavy (non-hydrogen) atoms. The van der Waals surface area contributed by atoms with Crippen molar-refractivity contribution in [2.24, 2.45) is 0 Å². The largest absolute Gasteiger partial charge is 0.447 e. The molecule has 0 aliphatic carbocycles. The maximum atomic E-state index is 11.4. The number of nitrogens with one attached hydrogen (secondary N) is 2. The quantitative estimate of drug-likeness (QED) is 0.728. The number of sulfonamides is 1. The van der Waals surface area contributed by atoms with Crippen molar-refractivity contribution in [2.45, 2.75) is 24.6 Å². The second-order valence-electron chi connectivity index (χ2n) is 3.33. The zero-order chi connectivity index (χ0) is 12.2. The average molecular weight is 244 g/mol. The molecule has 0 saturated carbocycles. The van der Waals surface area contributed by atoms with Gasteiger partial charge in [0.15, 0.2) is 0 Å². The minimum absolute atomic E-state index is 0.0712. The second-order valence-corrected chi connectivity index (χ2v) is 5.15. The van der Waals surface area contributed by atoms with Crippen molar-refractivity contribution in [3.63, 3.8) is 0 Å². The lowest BCUT2D eigenvalue weighted by Crippen LogP contribution is -2.22. The van der Waals surface area contributed by atoms with Gasteiger partial charge in [-0.3, -0.25) is 0 Å². The molecule has 1 heterocycles. The molecule has 5 nitrogen and oxygen atoms in total. The first-order valence-corrected chi connectivity index (χ1v) is 6.36. The van der Waals surface area contributed by atoms with E-state index >= 15 is 0 Å². The first-order valence-electron chi connectivity index (χ1n) is 4.88. The van der Waals surface area contributed by atoms with Crippen LogP contribution in [0.5, 0.6) is 0 Å². The molecule has 0 aliphatic heterocycles. The lowest BCUT2D eigenvalue weighted by atomic mass is 10.3. The van der Waals surface area contributed by atoms with Gasteiger partial charge in [-0.1, -0.05) is 6.08 Å². The highest BCUT2D eigenvalue weighted by atomic mass is 32.2. The van der Waals surface area contributed by atoms with E-state index in [0.29, 0.717) is 12.3 Å². The molecule has 6 heteroatoms. The highest BCUT2D eigenvalue weighted by Crippen LogP contribution is 2.13. The van der Waals surface area contributed by atoms with Gasteiger partial charge < -0.3 is 9.73 Å². The number of hydrogen-bond donors (Lipinski definition) is 2. The molecule has 0 aromatic carbocycles. The monoisotopic (exact) mass is 244 g/mol. The number of rotatable bonds is 6. The summed E-state index contributed by atoms with van der Waals surface area (Å²) in [4.78, 5) is 0. The maximum Gasteiger partial charge on any atom is 0.273 e. The lowest BCUT2D eigenvalue weighted by molar-refractivity contribution is 0.397. The Kier molecular flexibility index (Phi) is 4.28. The van der Waals surface area contributed by atoms with Crippen molar-refractivity contribution in [1.82, 2.24) is 10.0 Å². The summed E-state index contributed by atoms with van der Waals surface area (Å²) in [5, 5.41) is 3.03. The van der Waals surface area contributed by atoms with Gasteiger partial charge in [0.2, 0.25) is 5.09 Å². The first kappa shape index (κ1) is 13.0. The highest BCUT2D eigenvalue weighted by molar-refractivity contribution is 7.89. The van der Waals surface area contributed by atoms with E-state index in [9.17, 15) is 8.42 Å². The standard InChI is InChI=1S/C10H16N2O3S/c1-4-8(2)12-7-9-5-6-10(15-9)16(13,14)11-3/h4-6,8,11-12H,1,7H2,2-3H3. The second kappa shape index (κ2) is 5.29. The SMILES string of the molecule is C=CC(C)NCc1ccc(S(=O)(=O)NC)o1. The van der Waals surface area contributed by atoms with Crippen LogP contribution in [0.4, 0.5) is 0 Å². The van der Waals surface area contributed by atoms with Gasteiger partial charge in [0.25, 0.3) is 10.0 Å². The normalized spacial score (nSPS) is 13.6. The van der Waals surface area contributed by atoms with Crippen LogP contribution in [-0.2, 0) is 16.6 Å². The molecule has 0 fully saturated rings. The van der Waals surface area contributed by atoms with Crippen LogP contribution < -0.4 is 10.0 Å². The number of furan rings is 1. The molecule has 0 aliphatic rings. The summed E-state index contributed by atoms with van der Waals surface area (Å²) in [6, 6.07) is 3.21. The first-order chi connectivity index (χ1) is 7.49. The van der Waals surface area contributed by atoms with Crippen molar-refractivity contribution in [3.05, 3.63) is 30.5 Å². The van der Waals surface area contributed by atoms with Gasteiger partial charge in [0, 0.05) is 6.04 Å². The minimum Gasteiger partial charge on any atom is -0.447 e. The Labute approximate surface area is 95.6 Å². The fourth-order valence-corrected chi connectivity index (χ4v) is 1.71. The molecule has 0 saturated heterocycles. The predicted octanol–water partition coefficient (Wildman–Crippen LogP) is 0.852. The van der Waals surface area contributed by atoms with Crippen LogP contribution in [0.1, 0.15) is 12.7 Å². The molecule has 0 amide bonds. The van der Waals surface area contributed by atoms with Crippen molar-refractivity contribution in [2.75, 3.05) is 7.05 Å². The highest BCUT2D eigenvalue weighted by Gasteiger charge is 2.16. The Bertz CT molecular complexity index is 450. The van der Waals surface area contributed by atoms with Crippen molar-refractivity contribution in [1.29, 1.82) is 0 Å². The summed E-state index contributed by atoms with van der Waals surface area (Å²) in [5.41, 5.74) is 0. The van der Waals surface area contributed by atoms with Gasteiger partial charge in [0.1, 0.15) is 5.76 Å². The van der Waals surface area contributed by atoms with E-state index in [4.69, 9.17) is 4.42 Å². The zero-order valence-corrected chi connectivity index (χ0v) is 10.2. The Morgan fingerprint density at radius 3 is 2.81 bits per heavy atom. The van der Waals surface area contributed by atoms with Crippen molar-refractivity contribution in [3.8, 4) is 0 Å². The van der Waals surface area contributed by atoms with Crippen LogP contribution in [0.15, 0.2) is 34.3 Å². The van der Waals surface area contributed by atoms with E-state index < -0.39 is 10.0 Å². The van der Waals surface area contributed by atoms with Gasteiger partial charge >= 0.3 is 0 Å². The van der Waals surface area contributed by atoms with E-state index in [1.807, 2.05) is 6.92 Å². The van der Waals surface area contributed by atoms with Crippen LogP contribution in [-0.4, -0.2) is 21.5 Å². The molecule has 1 rings (SSSR count). The van der Waals surface area contributed by atoms with Crippen LogP contribution in [0.25, 0.3) is 0 Å². The molecule has 0 bridgehead atoms. The fraction of sp³-hybridized carbons (Fsp3) is 0.400. The summed E-state index contributed by atoms with van der Waals surface area (Å²) < 4.78 is 30.1.